The number of rotatable bonds is 3. The van der Waals surface area contributed by atoms with Crippen LogP contribution in [-0.4, -0.2) is 16.0 Å². The van der Waals surface area contributed by atoms with Gasteiger partial charge >= 0.3 is 0 Å². The molecule has 0 aliphatic heterocycles. The van der Waals surface area contributed by atoms with Crippen LogP contribution in [0.2, 0.25) is 0 Å². The molecule has 2 rings (SSSR count). The molecule has 4 nitrogen and oxygen atoms in total. The molecule has 0 radical (unpaired) electrons. The minimum Gasteiger partial charge on any atom is -0.383 e. The first-order valence-electron chi connectivity index (χ1n) is 7.10. The van der Waals surface area contributed by atoms with E-state index >= 15 is 0 Å². The van der Waals surface area contributed by atoms with E-state index in [2.05, 4.69) is 22.2 Å². The van der Waals surface area contributed by atoms with Gasteiger partial charge in [-0.3, -0.25) is 0 Å². The van der Waals surface area contributed by atoms with Crippen LogP contribution in [0.15, 0.2) is 0 Å². The molecule has 0 unspecified atom stereocenters. The van der Waals surface area contributed by atoms with Crippen LogP contribution in [0.4, 0.5) is 11.6 Å². The van der Waals surface area contributed by atoms with Gasteiger partial charge in [0.15, 0.2) is 0 Å². The first kappa shape index (κ1) is 13.1. The maximum absolute atomic E-state index is 5.94. The fourth-order valence-corrected chi connectivity index (χ4v) is 2.50. The van der Waals surface area contributed by atoms with E-state index in [0.717, 1.165) is 23.6 Å². The molecule has 0 amide bonds. The average molecular weight is 248 g/mol. The van der Waals surface area contributed by atoms with Gasteiger partial charge in [0.05, 0.1) is 0 Å². The lowest BCUT2D eigenvalue weighted by Gasteiger charge is -2.19. The van der Waals surface area contributed by atoms with Crippen LogP contribution in [0.1, 0.15) is 56.8 Å². The van der Waals surface area contributed by atoms with Crippen LogP contribution in [0.3, 0.4) is 0 Å². The van der Waals surface area contributed by atoms with Crippen LogP contribution < -0.4 is 11.1 Å². The normalized spacial score (nSPS) is 17.4. The van der Waals surface area contributed by atoms with Gasteiger partial charge in [-0.05, 0) is 19.8 Å². The number of nitrogen functional groups attached to an aromatic ring is 1. The summed E-state index contributed by atoms with van der Waals surface area (Å²) in [7, 11) is 0. The number of nitrogens with two attached hydrogens (primary N) is 1. The summed E-state index contributed by atoms with van der Waals surface area (Å²) in [5.74, 6) is 2.37. The van der Waals surface area contributed by atoms with Crippen molar-refractivity contribution in [2.24, 2.45) is 0 Å². The molecule has 18 heavy (non-hydrogen) atoms. The van der Waals surface area contributed by atoms with Gasteiger partial charge in [-0.1, -0.05) is 32.6 Å². The highest BCUT2D eigenvalue weighted by Gasteiger charge is 2.15. The monoisotopic (exact) mass is 248 g/mol. The highest BCUT2D eigenvalue weighted by atomic mass is 15.1. The third-order valence-corrected chi connectivity index (χ3v) is 3.74. The van der Waals surface area contributed by atoms with E-state index in [4.69, 9.17) is 5.73 Å². The lowest BCUT2D eigenvalue weighted by Crippen LogP contribution is -2.21. The zero-order chi connectivity index (χ0) is 13.0. The van der Waals surface area contributed by atoms with E-state index in [1.165, 1.54) is 38.5 Å². The van der Waals surface area contributed by atoms with Gasteiger partial charge in [0.25, 0.3) is 0 Å². The summed E-state index contributed by atoms with van der Waals surface area (Å²) < 4.78 is 0. The summed E-state index contributed by atoms with van der Waals surface area (Å²) in [6.45, 7) is 4.05. The summed E-state index contributed by atoms with van der Waals surface area (Å²) in [5, 5.41) is 3.57. The summed E-state index contributed by atoms with van der Waals surface area (Å²) >= 11 is 0. The molecule has 1 aromatic rings. The lowest BCUT2D eigenvalue weighted by molar-refractivity contribution is 0.616. The van der Waals surface area contributed by atoms with Crippen molar-refractivity contribution in [3.05, 3.63) is 11.4 Å². The van der Waals surface area contributed by atoms with Crippen molar-refractivity contribution in [1.82, 2.24) is 9.97 Å². The van der Waals surface area contributed by atoms with E-state index in [9.17, 15) is 0 Å². The molecule has 3 N–H and O–H groups in total. The van der Waals surface area contributed by atoms with Crippen molar-refractivity contribution >= 4 is 11.6 Å². The predicted octanol–water partition coefficient (Wildman–Crippen LogP) is 3.06. The molecule has 1 fully saturated rings. The largest absolute Gasteiger partial charge is 0.383 e. The first-order chi connectivity index (χ1) is 8.70. The number of nitrogens with zero attached hydrogens (tertiary/aromatic N) is 2. The predicted molar refractivity (Wildman–Crippen MR) is 75.7 cm³/mol. The van der Waals surface area contributed by atoms with Crippen LogP contribution in [-0.2, 0) is 6.42 Å². The van der Waals surface area contributed by atoms with Crippen molar-refractivity contribution < 1.29 is 0 Å². The van der Waals surface area contributed by atoms with Crippen molar-refractivity contribution in [3.8, 4) is 0 Å². The van der Waals surface area contributed by atoms with Gasteiger partial charge in [0, 0.05) is 18.0 Å². The maximum Gasteiger partial charge on any atom is 0.134 e. The fourth-order valence-electron chi connectivity index (χ4n) is 2.50. The molecule has 0 saturated heterocycles. The van der Waals surface area contributed by atoms with Crippen molar-refractivity contribution in [3.63, 3.8) is 0 Å². The molecule has 4 heteroatoms. The van der Waals surface area contributed by atoms with Gasteiger partial charge in [0.2, 0.25) is 0 Å². The number of hydrogen-bond acceptors (Lipinski definition) is 4. The van der Waals surface area contributed by atoms with Gasteiger partial charge in [0.1, 0.15) is 17.5 Å². The van der Waals surface area contributed by atoms with E-state index in [1.807, 2.05) is 6.92 Å². The number of hydrogen-bond donors (Lipinski definition) is 2. The Balaban J connectivity index is 2.14. The Morgan fingerprint density at radius 2 is 1.83 bits per heavy atom. The van der Waals surface area contributed by atoms with Crippen molar-refractivity contribution in [2.45, 2.75) is 64.8 Å². The maximum atomic E-state index is 5.94. The van der Waals surface area contributed by atoms with E-state index in [1.54, 1.807) is 0 Å². The minimum atomic E-state index is 0.546. The number of aromatic nitrogens is 2. The zero-order valence-electron chi connectivity index (χ0n) is 11.5. The van der Waals surface area contributed by atoms with E-state index in [0.29, 0.717) is 11.9 Å². The average Bonchev–Trinajstić information content (AvgIpc) is 2.63. The minimum absolute atomic E-state index is 0.546. The Labute approximate surface area is 109 Å². The third-order valence-electron chi connectivity index (χ3n) is 3.74. The highest BCUT2D eigenvalue weighted by Crippen LogP contribution is 2.23. The fraction of sp³-hybridized carbons (Fsp3) is 0.714. The second-order valence-corrected chi connectivity index (χ2v) is 5.19. The SMILES string of the molecule is CCc1nc(N)c(C)c(NC2CCCCCC2)n1. The van der Waals surface area contributed by atoms with Crippen LogP contribution in [0.5, 0.6) is 0 Å². The Bertz CT molecular complexity index is 395. The second kappa shape index (κ2) is 6.03. The third kappa shape index (κ3) is 3.12. The molecular formula is C14H24N4. The zero-order valence-corrected chi connectivity index (χ0v) is 11.5. The van der Waals surface area contributed by atoms with Gasteiger partial charge < -0.3 is 11.1 Å². The number of nitrogens with one attached hydrogen (secondary N) is 1. The number of anilines is 2. The molecule has 0 atom stereocenters. The summed E-state index contributed by atoms with van der Waals surface area (Å²) in [6, 6.07) is 0.546. The Morgan fingerprint density at radius 3 is 2.44 bits per heavy atom. The molecule has 0 spiro atoms. The van der Waals surface area contributed by atoms with Gasteiger partial charge in [-0.15, -0.1) is 0 Å². The van der Waals surface area contributed by atoms with Gasteiger partial charge in [-0.25, -0.2) is 9.97 Å². The molecule has 1 aliphatic carbocycles. The molecule has 1 saturated carbocycles. The second-order valence-electron chi connectivity index (χ2n) is 5.19. The van der Waals surface area contributed by atoms with Crippen LogP contribution in [0, 0.1) is 6.92 Å². The lowest BCUT2D eigenvalue weighted by atomic mass is 10.1. The smallest absolute Gasteiger partial charge is 0.134 e. The quantitative estimate of drug-likeness (QED) is 0.807. The Morgan fingerprint density at radius 1 is 1.17 bits per heavy atom. The van der Waals surface area contributed by atoms with Crippen LogP contribution in [0.25, 0.3) is 0 Å². The molecule has 1 aromatic heterocycles. The van der Waals surface area contributed by atoms with Crippen molar-refractivity contribution in [1.29, 1.82) is 0 Å². The molecule has 0 aromatic carbocycles. The Kier molecular flexibility index (Phi) is 4.39. The molecule has 100 valence electrons. The summed E-state index contributed by atoms with van der Waals surface area (Å²) in [5.41, 5.74) is 6.92. The Hall–Kier alpha value is -1.32. The molecular weight excluding hydrogens is 224 g/mol. The summed E-state index contributed by atoms with van der Waals surface area (Å²) in [6.07, 6.45) is 8.67. The van der Waals surface area contributed by atoms with Gasteiger partial charge in [-0.2, -0.15) is 0 Å². The van der Waals surface area contributed by atoms with E-state index < -0.39 is 0 Å². The first-order valence-corrected chi connectivity index (χ1v) is 7.10. The molecule has 1 heterocycles. The molecule has 1 aliphatic rings. The topological polar surface area (TPSA) is 63.8 Å². The summed E-state index contributed by atoms with van der Waals surface area (Å²) in [4.78, 5) is 8.86. The number of aryl methyl sites for hydroxylation is 1. The highest BCUT2D eigenvalue weighted by molar-refractivity contribution is 5.55. The van der Waals surface area contributed by atoms with Crippen LogP contribution >= 0.6 is 0 Å². The van der Waals surface area contributed by atoms with E-state index in [-0.39, 0.29) is 0 Å². The van der Waals surface area contributed by atoms with Crippen molar-refractivity contribution in [2.75, 3.05) is 11.1 Å². The molecule has 0 bridgehead atoms. The standard InChI is InChI=1S/C14H24N4/c1-3-12-17-13(15)10(2)14(18-12)16-11-8-6-4-5-7-9-11/h11H,3-9H2,1-2H3,(H3,15,16,17,18).